The van der Waals surface area contributed by atoms with E-state index in [-0.39, 0.29) is 4.88 Å². The lowest BCUT2D eigenvalue weighted by molar-refractivity contribution is 0.0702. The number of rotatable bonds is 1. The van der Waals surface area contributed by atoms with Gasteiger partial charge in [0, 0.05) is 22.3 Å². The number of thioether (sulfide) groups is 1. The third kappa shape index (κ3) is 1.72. The molecule has 0 saturated heterocycles. The van der Waals surface area contributed by atoms with Crippen LogP contribution in [0.15, 0.2) is 23.1 Å². The largest absolute Gasteiger partial charge is 0.477 e. The van der Waals surface area contributed by atoms with Crippen LogP contribution >= 0.6 is 23.1 Å². The van der Waals surface area contributed by atoms with Crippen LogP contribution in [-0.2, 0) is 5.75 Å². The summed E-state index contributed by atoms with van der Waals surface area (Å²) >= 11 is 2.32. The Morgan fingerprint density at radius 3 is 2.78 bits per heavy atom. The molecule has 0 saturated carbocycles. The first kappa shape index (κ1) is 11.7. The molecule has 0 aliphatic carbocycles. The zero-order chi connectivity index (χ0) is 12.9. The Morgan fingerprint density at radius 2 is 2.06 bits per heavy atom. The van der Waals surface area contributed by atoms with Gasteiger partial charge in [-0.15, -0.1) is 23.1 Å². The molecule has 0 spiro atoms. The number of hydrogen-bond acceptors (Lipinski definition) is 3. The van der Waals surface area contributed by atoms with Gasteiger partial charge < -0.3 is 5.11 Å². The average Bonchev–Trinajstić information content (AvgIpc) is 2.72. The number of hydrogen-bond donors (Lipinski definition) is 1. The maximum atomic E-state index is 13.6. The van der Waals surface area contributed by atoms with Crippen molar-refractivity contribution in [2.75, 3.05) is 0 Å². The van der Waals surface area contributed by atoms with E-state index >= 15 is 0 Å². The minimum Gasteiger partial charge on any atom is -0.477 e. The van der Waals surface area contributed by atoms with Crippen LogP contribution in [0.5, 0.6) is 0 Å². The fraction of sp³-hybridized carbons (Fsp3) is 0.0833. The molecular formula is C12H6F2O2S2. The lowest BCUT2D eigenvalue weighted by Gasteiger charge is -2.16. The van der Waals surface area contributed by atoms with E-state index in [1.807, 2.05) is 0 Å². The lowest BCUT2D eigenvalue weighted by Crippen LogP contribution is -1.96. The van der Waals surface area contributed by atoms with E-state index in [9.17, 15) is 13.6 Å². The Morgan fingerprint density at radius 1 is 1.28 bits per heavy atom. The van der Waals surface area contributed by atoms with Gasteiger partial charge in [-0.3, -0.25) is 0 Å². The van der Waals surface area contributed by atoms with Crippen LogP contribution in [0.25, 0.3) is 10.4 Å². The van der Waals surface area contributed by atoms with Gasteiger partial charge in [0.1, 0.15) is 16.5 Å². The summed E-state index contributed by atoms with van der Waals surface area (Å²) in [7, 11) is 0. The molecule has 2 heterocycles. The predicted octanol–water partition coefficient (Wildman–Crippen LogP) is 4.00. The monoisotopic (exact) mass is 284 g/mol. The highest BCUT2D eigenvalue weighted by molar-refractivity contribution is 7.98. The number of aromatic carboxylic acids is 1. The minimum atomic E-state index is -1.02. The minimum absolute atomic E-state index is 0.193. The fourth-order valence-electron chi connectivity index (χ4n) is 1.89. The molecule has 0 unspecified atom stereocenters. The molecule has 1 N–H and O–H groups in total. The van der Waals surface area contributed by atoms with Gasteiger partial charge in [0.05, 0.1) is 4.90 Å². The second-order valence-electron chi connectivity index (χ2n) is 3.82. The highest BCUT2D eigenvalue weighted by Gasteiger charge is 2.24. The summed E-state index contributed by atoms with van der Waals surface area (Å²) < 4.78 is 26.9. The molecule has 0 fully saturated rings. The average molecular weight is 284 g/mol. The molecule has 6 heteroatoms. The number of halogens is 2. The molecule has 1 aliphatic rings. The molecular weight excluding hydrogens is 278 g/mol. The van der Waals surface area contributed by atoms with E-state index in [0.29, 0.717) is 21.1 Å². The van der Waals surface area contributed by atoms with Gasteiger partial charge in [0.25, 0.3) is 0 Å². The van der Waals surface area contributed by atoms with Gasteiger partial charge in [0.2, 0.25) is 0 Å². The molecule has 0 atom stereocenters. The van der Waals surface area contributed by atoms with Crippen LogP contribution in [0.4, 0.5) is 8.78 Å². The molecule has 1 aromatic carbocycles. The van der Waals surface area contributed by atoms with Crippen LogP contribution in [0.1, 0.15) is 15.2 Å². The molecule has 1 aromatic heterocycles. The molecule has 0 amide bonds. The Kier molecular flexibility index (Phi) is 2.64. The molecule has 92 valence electrons. The summed E-state index contributed by atoms with van der Waals surface area (Å²) in [6, 6.07) is 3.68. The summed E-state index contributed by atoms with van der Waals surface area (Å²) in [6.07, 6.45) is 0. The van der Waals surface area contributed by atoms with Crippen molar-refractivity contribution >= 4 is 29.1 Å². The molecule has 2 nitrogen and oxygen atoms in total. The summed E-state index contributed by atoms with van der Waals surface area (Å²) in [5, 5.41) is 8.95. The fourth-order valence-corrected chi connectivity index (χ4v) is 4.13. The Balaban J connectivity index is 2.24. The quantitative estimate of drug-likeness (QED) is 0.860. The van der Waals surface area contributed by atoms with E-state index in [4.69, 9.17) is 5.11 Å². The predicted molar refractivity (Wildman–Crippen MR) is 66.2 cm³/mol. The van der Waals surface area contributed by atoms with Crippen LogP contribution in [0.3, 0.4) is 0 Å². The number of benzene rings is 1. The second-order valence-corrected chi connectivity index (χ2v) is 5.86. The van der Waals surface area contributed by atoms with Crippen LogP contribution in [-0.4, -0.2) is 11.1 Å². The molecule has 2 aromatic rings. The number of carboxylic acids is 1. The summed E-state index contributed by atoms with van der Waals surface area (Å²) in [5.74, 6) is -1.75. The van der Waals surface area contributed by atoms with E-state index in [2.05, 4.69) is 0 Å². The first-order valence-corrected chi connectivity index (χ1v) is 6.84. The van der Waals surface area contributed by atoms with E-state index in [0.717, 1.165) is 23.0 Å². The topological polar surface area (TPSA) is 37.3 Å². The number of fused-ring (bicyclic) bond motifs is 3. The Labute approximate surface area is 109 Å². The van der Waals surface area contributed by atoms with E-state index in [1.165, 1.54) is 17.8 Å². The van der Waals surface area contributed by atoms with Crippen molar-refractivity contribution < 1.29 is 18.7 Å². The molecule has 18 heavy (non-hydrogen) atoms. The highest BCUT2D eigenvalue weighted by atomic mass is 32.2. The normalized spacial score (nSPS) is 13.0. The smallest absolute Gasteiger partial charge is 0.345 e. The van der Waals surface area contributed by atoms with Gasteiger partial charge in [0.15, 0.2) is 0 Å². The van der Waals surface area contributed by atoms with Gasteiger partial charge in [-0.05, 0) is 17.7 Å². The molecule has 3 rings (SSSR count). The van der Waals surface area contributed by atoms with Crippen molar-refractivity contribution in [1.82, 2.24) is 0 Å². The molecule has 0 bridgehead atoms. The van der Waals surface area contributed by atoms with Gasteiger partial charge in [-0.1, -0.05) is 0 Å². The maximum absolute atomic E-state index is 13.6. The maximum Gasteiger partial charge on any atom is 0.345 e. The summed E-state index contributed by atoms with van der Waals surface area (Å²) in [4.78, 5) is 12.2. The standard InChI is InChI=1S/C12H6F2O2S2/c13-6-2-7-10-5(1-9(18-10)12(15)16)4-17-11(7)8(14)3-6/h1-3H,4H2,(H,15,16). The number of thiophene rings is 1. The van der Waals surface area contributed by atoms with Crippen LogP contribution in [0, 0.1) is 11.6 Å². The number of carboxylic acid groups (broad SMARTS) is 1. The van der Waals surface area contributed by atoms with Gasteiger partial charge in [-0.25, -0.2) is 13.6 Å². The first-order valence-electron chi connectivity index (χ1n) is 5.04. The zero-order valence-corrected chi connectivity index (χ0v) is 10.5. The van der Waals surface area contributed by atoms with Gasteiger partial charge >= 0.3 is 5.97 Å². The third-order valence-corrected chi connectivity index (χ3v) is 5.00. The van der Waals surface area contributed by atoms with Crippen LogP contribution in [0.2, 0.25) is 0 Å². The van der Waals surface area contributed by atoms with Crippen molar-refractivity contribution in [3.05, 3.63) is 40.3 Å². The van der Waals surface area contributed by atoms with Crippen LogP contribution < -0.4 is 0 Å². The van der Waals surface area contributed by atoms with Crippen molar-refractivity contribution in [3.63, 3.8) is 0 Å². The summed E-state index contributed by atoms with van der Waals surface area (Å²) in [5.41, 5.74) is 1.27. The van der Waals surface area contributed by atoms with Gasteiger partial charge in [-0.2, -0.15) is 0 Å². The highest BCUT2D eigenvalue weighted by Crippen LogP contribution is 2.46. The van der Waals surface area contributed by atoms with E-state index < -0.39 is 17.6 Å². The Bertz CT molecular complexity index is 664. The van der Waals surface area contributed by atoms with Crippen molar-refractivity contribution in [2.24, 2.45) is 0 Å². The van der Waals surface area contributed by atoms with Crippen molar-refractivity contribution in [1.29, 1.82) is 0 Å². The van der Waals surface area contributed by atoms with Crippen molar-refractivity contribution in [3.8, 4) is 10.4 Å². The zero-order valence-electron chi connectivity index (χ0n) is 8.87. The van der Waals surface area contributed by atoms with E-state index in [1.54, 1.807) is 6.07 Å². The molecule has 1 aliphatic heterocycles. The third-order valence-electron chi connectivity index (χ3n) is 2.64. The number of carbonyl (C=O) groups is 1. The molecule has 0 radical (unpaired) electrons. The Hall–Kier alpha value is -1.40. The lowest BCUT2D eigenvalue weighted by atomic mass is 10.1. The first-order chi connectivity index (χ1) is 8.56. The van der Waals surface area contributed by atoms with Crippen molar-refractivity contribution in [2.45, 2.75) is 10.6 Å². The summed E-state index contributed by atoms with van der Waals surface area (Å²) in [6.45, 7) is 0. The second kappa shape index (κ2) is 4.07. The SMILES string of the molecule is O=C(O)c1cc2c(s1)-c1cc(F)cc(F)c1SC2.